The lowest BCUT2D eigenvalue weighted by molar-refractivity contribution is -0.121. The fourth-order valence-electron chi connectivity index (χ4n) is 3.67. The van der Waals surface area contributed by atoms with Gasteiger partial charge in [-0.15, -0.1) is 0 Å². The molecule has 2 amide bonds. The second-order valence-electron chi connectivity index (χ2n) is 6.98. The largest absolute Gasteiger partial charge is 0.338 e. The van der Waals surface area contributed by atoms with E-state index >= 15 is 0 Å². The van der Waals surface area contributed by atoms with Crippen molar-refractivity contribution >= 4 is 28.4 Å². The number of fused-ring (bicyclic) bond motifs is 1. The van der Waals surface area contributed by atoms with Crippen LogP contribution in [0.1, 0.15) is 23.2 Å². The summed E-state index contributed by atoms with van der Waals surface area (Å²) in [6.45, 7) is 1.11. The third-order valence-electron chi connectivity index (χ3n) is 5.06. The molecule has 1 aliphatic rings. The lowest BCUT2D eigenvalue weighted by Gasteiger charge is -2.32. The zero-order valence-corrected chi connectivity index (χ0v) is 15.3. The molecule has 0 bridgehead atoms. The zero-order chi connectivity index (χ0) is 18.8. The Bertz CT molecular complexity index is 989. The summed E-state index contributed by atoms with van der Waals surface area (Å²) in [5.74, 6) is 0.228. The number of piperidine rings is 1. The predicted molar refractivity (Wildman–Crippen MR) is 104 cm³/mol. The molecule has 1 aromatic heterocycles. The molecule has 1 fully saturated rings. The molecule has 6 nitrogen and oxygen atoms in total. The van der Waals surface area contributed by atoms with Crippen LogP contribution in [0, 0.1) is 5.92 Å². The Balaban J connectivity index is 1.50. The maximum atomic E-state index is 13.1. The number of likely N-dealkylation sites (tertiary alicyclic amines) is 1. The first-order valence-electron chi connectivity index (χ1n) is 9.19. The van der Waals surface area contributed by atoms with Gasteiger partial charge in [0.05, 0.1) is 5.92 Å². The summed E-state index contributed by atoms with van der Waals surface area (Å²) in [4.78, 5) is 27.5. The van der Waals surface area contributed by atoms with Crippen molar-refractivity contribution in [1.29, 1.82) is 0 Å². The molecule has 0 aliphatic carbocycles. The molecule has 0 radical (unpaired) electrons. The lowest BCUT2D eigenvalue weighted by Crippen LogP contribution is -2.43. The minimum Gasteiger partial charge on any atom is -0.338 e. The number of benzene rings is 2. The van der Waals surface area contributed by atoms with E-state index in [-0.39, 0.29) is 17.7 Å². The highest BCUT2D eigenvalue weighted by Gasteiger charge is 2.29. The number of carbonyl (C=O) groups is 2. The van der Waals surface area contributed by atoms with E-state index in [2.05, 4.69) is 10.4 Å². The maximum absolute atomic E-state index is 13.1. The van der Waals surface area contributed by atoms with Gasteiger partial charge in [-0.25, -0.2) is 0 Å². The summed E-state index contributed by atoms with van der Waals surface area (Å²) in [6.07, 6.45) is 3.38. The van der Waals surface area contributed by atoms with Crippen LogP contribution in [-0.4, -0.2) is 39.6 Å². The Hall–Kier alpha value is -3.15. The van der Waals surface area contributed by atoms with Crippen LogP contribution in [0.5, 0.6) is 0 Å². The fraction of sp³-hybridized carbons (Fsp3) is 0.286. The van der Waals surface area contributed by atoms with Crippen LogP contribution < -0.4 is 5.32 Å². The Labute approximate surface area is 157 Å². The number of hydrogen-bond acceptors (Lipinski definition) is 3. The Morgan fingerprint density at radius 3 is 2.74 bits per heavy atom. The fourth-order valence-corrected chi connectivity index (χ4v) is 3.67. The molecule has 138 valence electrons. The van der Waals surface area contributed by atoms with Gasteiger partial charge in [0, 0.05) is 38.0 Å². The molecular formula is C21H22N4O2. The number of anilines is 1. The minimum atomic E-state index is -0.223. The molecule has 1 aliphatic heterocycles. The molecule has 2 heterocycles. The molecule has 1 N–H and O–H groups in total. The van der Waals surface area contributed by atoms with Crippen LogP contribution in [0.2, 0.25) is 0 Å². The maximum Gasteiger partial charge on any atom is 0.254 e. The van der Waals surface area contributed by atoms with E-state index in [1.807, 2.05) is 42.5 Å². The van der Waals surface area contributed by atoms with Crippen LogP contribution in [0.25, 0.3) is 10.8 Å². The van der Waals surface area contributed by atoms with Crippen LogP contribution in [0.3, 0.4) is 0 Å². The normalized spacial score (nSPS) is 17.1. The lowest BCUT2D eigenvalue weighted by atomic mass is 9.95. The molecule has 27 heavy (non-hydrogen) atoms. The van der Waals surface area contributed by atoms with Gasteiger partial charge in [-0.05, 0) is 29.7 Å². The van der Waals surface area contributed by atoms with E-state index in [1.54, 1.807) is 28.9 Å². The first-order chi connectivity index (χ1) is 13.1. The molecule has 1 saturated heterocycles. The first-order valence-corrected chi connectivity index (χ1v) is 9.19. The van der Waals surface area contributed by atoms with E-state index < -0.39 is 0 Å². The van der Waals surface area contributed by atoms with Gasteiger partial charge < -0.3 is 10.2 Å². The summed E-state index contributed by atoms with van der Waals surface area (Å²) < 4.78 is 1.65. The predicted octanol–water partition coefficient (Wildman–Crippen LogP) is 3.06. The monoisotopic (exact) mass is 362 g/mol. The van der Waals surface area contributed by atoms with Crippen LogP contribution >= 0.6 is 0 Å². The molecular weight excluding hydrogens is 340 g/mol. The summed E-state index contributed by atoms with van der Waals surface area (Å²) >= 11 is 0. The summed E-state index contributed by atoms with van der Waals surface area (Å²) in [6, 6.07) is 15.4. The highest BCUT2D eigenvalue weighted by Crippen LogP contribution is 2.24. The van der Waals surface area contributed by atoms with Crippen molar-refractivity contribution in [2.45, 2.75) is 12.8 Å². The van der Waals surface area contributed by atoms with E-state index in [1.165, 1.54) is 0 Å². The number of carbonyl (C=O) groups excluding carboxylic acids is 2. The van der Waals surface area contributed by atoms with Gasteiger partial charge in [0.1, 0.15) is 0 Å². The number of nitrogens with zero attached hydrogens (tertiary/aromatic N) is 3. The molecule has 1 unspecified atom stereocenters. The van der Waals surface area contributed by atoms with Crippen molar-refractivity contribution in [2.24, 2.45) is 13.0 Å². The number of nitrogens with one attached hydrogen (secondary N) is 1. The molecule has 0 spiro atoms. The molecule has 2 aromatic carbocycles. The third-order valence-corrected chi connectivity index (χ3v) is 5.06. The van der Waals surface area contributed by atoms with Crippen LogP contribution in [0.15, 0.2) is 54.7 Å². The third kappa shape index (κ3) is 3.56. The van der Waals surface area contributed by atoms with Crippen LogP contribution in [0.4, 0.5) is 5.82 Å². The van der Waals surface area contributed by atoms with Crippen molar-refractivity contribution in [1.82, 2.24) is 14.7 Å². The Kier molecular flexibility index (Phi) is 4.62. The topological polar surface area (TPSA) is 67.2 Å². The SMILES string of the molecule is Cn1ccc(NC(=O)C2CCCN(C(=O)c3cccc4ccccc34)C2)n1. The first kappa shape index (κ1) is 17.3. The Morgan fingerprint density at radius 1 is 1.11 bits per heavy atom. The number of rotatable bonds is 3. The van der Waals surface area contributed by atoms with Gasteiger partial charge in [0.25, 0.3) is 5.91 Å². The molecule has 1 atom stereocenters. The number of amides is 2. The van der Waals surface area contributed by atoms with Gasteiger partial charge in [0.15, 0.2) is 5.82 Å². The smallest absolute Gasteiger partial charge is 0.254 e. The number of hydrogen-bond donors (Lipinski definition) is 1. The Morgan fingerprint density at radius 2 is 1.93 bits per heavy atom. The average molecular weight is 362 g/mol. The standard InChI is InChI=1S/C21H22N4O2/c1-24-13-11-19(23-24)22-20(26)16-8-5-12-25(14-16)21(27)18-10-4-7-15-6-2-3-9-17(15)18/h2-4,6-7,9-11,13,16H,5,8,12,14H2,1H3,(H,22,23,26). The van der Waals surface area contributed by atoms with Gasteiger partial charge in [-0.2, -0.15) is 5.10 Å². The highest BCUT2D eigenvalue weighted by atomic mass is 16.2. The van der Waals surface area contributed by atoms with Gasteiger partial charge in [-0.1, -0.05) is 36.4 Å². The number of aryl methyl sites for hydroxylation is 1. The van der Waals surface area contributed by atoms with E-state index in [4.69, 9.17) is 0 Å². The highest BCUT2D eigenvalue weighted by molar-refractivity contribution is 6.07. The van der Waals surface area contributed by atoms with Gasteiger partial charge >= 0.3 is 0 Å². The van der Waals surface area contributed by atoms with Crippen molar-refractivity contribution in [3.8, 4) is 0 Å². The molecule has 3 aromatic rings. The number of aromatic nitrogens is 2. The summed E-state index contributed by atoms with van der Waals surface area (Å²) in [7, 11) is 1.81. The van der Waals surface area contributed by atoms with E-state index in [9.17, 15) is 9.59 Å². The quantitative estimate of drug-likeness (QED) is 0.779. The van der Waals surface area contributed by atoms with Gasteiger partial charge in [-0.3, -0.25) is 14.3 Å². The minimum absolute atomic E-state index is 0.0119. The second-order valence-corrected chi connectivity index (χ2v) is 6.98. The van der Waals surface area contributed by atoms with Crippen molar-refractivity contribution in [3.63, 3.8) is 0 Å². The molecule has 0 saturated carbocycles. The van der Waals surface area contributed by atoms with Crippen molar-refractivity contribution in [3.05, 3.63) is 60.3 Å². The van der Waals surface area contributed by atoms with E-state index in [0.717, 1.165) is 23.6 Å². The molecule has 4 rings (SSSR count). The zero-order valence-electron chi connectivity index (χ0n) is 15.3. The average Bonchev–Trinajstić information content (AvgIpc) is 3.11. The molecule has 6 heteroatoms. The summed E-state index contributed by atoms with van der Waals surface area (Å²) in [5, 5.41) is 9.03. The second kappa shape index (κ2) is 7.23. The van der Waals surface area contributed by atoms with Crippen molar-refractivity contribution in [2.75, 3.05) is 18.4 Å². The van der Waals surface area contributed by atoms with Crippen molar-refractivity contribution < 1.29 is 9.59 Å². The van der Waals surface area contributed by atoms with Crippen LogP contribution in [-0.2, 0) is 11.8 Å². The summed E-state index contributed by atoms with van der Waals surface area (Å²) in [5.41, 5.74) is 0.693. The van der Waals surface area contributed by atoms with Gasteiger partial charge in [0.2, 0.25) is 5.91 Å². The van der Waals surface area contributed by atoms with E-state index in [0.29, 0.717) is 24.5 Å².